The number of hydrogen-bond acceptors (Lipinski definition) is 4. The number of para-hydroxylation sites is 2. The SMILES string of the molecule is Cc1c(/C=C/c2ccc(-n3cnc4ccccc43)cc2)n[nH]c(=O)c1C#N. The summed E-state index contributed by atoms with van der Waals surface area (Å²) in [5.74, 6) is 0. The highest BCUT2D eigenvalue weighted by molar-refractivity contribution is 5.77. The number of rotatable bonds is 3. The van der Waals surface area contributed by atoms with Crippen molar-refractivity contribution >= 4 is 23.2 Å². The van der Waals surface area contributed by atoms with Crippen LogP contribution in [0.4, 0.5) is 0 Å². The molecule has 1 N–H and O–H groups in total. The topological polar surface area (TPSA) is 87.4 Å². The summed E-state index contributed by atoms with van der Waals surface area (Å²) in [4.78, 5) is 16.0. The maximum absolute atomic E-state index is 11.6. The Kier molecular flexibility index (Phi) is 4.11. The van der Waals surface area contributed by atoms with Crippen molar-refractivity contribution in [2.75, 3.05) is 0 Å². The van der Waals surface area contributed by atoms with E-state index >= 15 is 0 Å². The van der Waals surface area contributed by atoms with Crippen molar-refractivity contribution in [3.8, 4) is 11.8 Å². The zero-order valence-corrected chi connectivity index (χ0v) is 14.5. The number of nitrogens with one attached hydrogen (secondary N) is 1. The van der Waals surface area contributed by atoms with Crippen LogP contribution in [-0.4, -0.2) is 19.7 Å². The molecule has 0 aliphatic carbocycles. The summed E-state index contributed by atoms with van der Waals surface area (Å²) in [5, 5.41) is 15.4. The Balaban J connectivity index is 1.63. The number of H-pyrrole nitrogens is 1. The monoisotopic (exact) mass is 353 g/mol. The maximum Gasteiger partial charge on any atom is 0.282 e. The summed E-state index contributed by atoms with van der Waals surface area (Å²) in [6.07, 6.45) is 5.49. The second-order valence-corrected chi connectivity index (χ2v) is 6.08. The predicted octanol–water partition coefficient (Wildman–Crippen LogP) is 3.46. The van der Waals surface area contributed by atoms with Gasteiger partial charge in [-0.25, -0.2) is 10.1 Å². The van der Waals surface area contributed by atoms with Gasteiger partial charge in [-0.05, 0) is 48.4 Å². The van der Waals surface area contributed by atoms with Crippen LogP contribution in [0.5, 0.6) is 0 Å². The first-order valence-corrected chi connectivity index (χ1v) is 8.37. The summed E-state index contributed by atoms with van der Waals surface area (Å²) >= 11 is 0. The van der Waals surface area contributed by atoms with Crippen LogP contribution >= 0.6 is 0 Å². The van der Waals surface area contributed by atoms with E-state index in [9.17, 15) is 4.79 Å². The number of nitrogens with zero attached hydrogens (tertiary/aromatic N) is 4. The zero-order chi connectivity index (χ0) is 18.8. The number of benzene rings is 2. The van der Waals surface area contributed by atoms with Crippen molar-refractivity contribution < 1.29 is 0 Å². The molecule has 0 aliphatic rings. The second-order valence-electron chi connectivity index (χ2n) is 6.08. The lowest BCUT2D eigenvalue weighted by Gasteiger charge is -2.05. The van der Waals surface area contributed by atoms with Crippen LogP contribution in [0, 0.1) is 18.3 Å². The van der Waals surface area contributed by atoms with E-state index < -0.39 is 5.56 Å². The van der Waals surface area contributed by atoms with Gasteiger partial charge in [-0.3, -0.25) is 9.36 Å². The lowest BCUT2D eigenvalue weighted by atomic mass is 10.1. The third-order valence-electron chi connectivity index (χ3n) is 4.43. The van der Waals surface area contributed by atoms with Crippen molar-refractivity contribution in [1.82, 2.24) is 19.7 Å². The van der Waals surface area contributed by atoms with Crippen molar-refractivity contribution in [1.29, 1.82) is 5.26 Å². The highest BCUT2D eigenvalue weighted by Gasteiger charge is 2.07. The molecule has 0 saturated carbocycles. The Hall–Kier alpha value is -3.98. The van der Waals surface area contributed by atoms with Crippen LogP contribution < -0.4 is 5.56 Å². The van der Waals surface area contributed by atoms with Crippen LogP contribution in [0.1, 0.15) is 22.4 Å². The lowest BCUT2D eigenvalue weighted by Crippen LogP contribution is -2.15. The molecule has 130 valence electrons. The third kappa shape index (κ3) is 3.02. The minimum Gasteiger partial charge on any atom is -0.299 e. The number of hydrogen-bond donors (Lipinski definition) is 1. The Morgan fingerprint density at radius 3 is 2.67 bits per heavy atom. The van der Waals surface area contributed by atoms with Gasteiger partial charge in [0.15, 0.2) is 0 Å². The standard InChI is InChI=1S/C21H15N5O/c1-14-17(12-22)21(27)25-24-18(14)11-8-15-6-9-16(10-7-15)26-13-23-19-4-2-3-5-20(19)26/h2-11,13H,1H3,(H,25,27)/b11-8+. The summed E-state index contributed by atoms with van der Waals surface area (Å²) < 4.78 is 2.04. The van der Waals surface area contributed by atoms with E-state index in [4.69, 9.17) is 5.26 Å². The predicted molar refractivity (Wildman–Crippen MR) is 104 cm³/mol. The van der Waals surface area contributed by atoms with E-state index in [0.29, 0.717) is 11.3 Å². The lowest BCUT2D eigenvalue weighted by molar-refractivity contribution is 0.952. The van der Waals surface area contributed by atoms with Crippen molar-refractivity contribution in [3.05, 3.63) is 87.6 Å². The van der Waals surface area contributed by atoms with Gasteiger partial charge in [-0.2, -0.15) is 10.4 Å². The molecule has 4 aromatic rings. The van der Waals surface area contributed by atoms with Crippen LogP contribution in [0.25, 0.3) is 28.9 Å². The first kappa shape index (κ1) is 16.5. The normalized spacial score (nSPS) is 11.1. The molecular weight excluding hydrogens is 338 g/mol. The summed E-state index contributed by atoms with van der Waals surface area (Å²) in [6, 6.07) is 17.9. The Bertz CT molecular complexity index is 1260. The molecule has 6 heteroatoms. The fourth-order valence-corrected chi connectivity index (χ4v) is 2.93. The fraction of sp³-hybridized carbons (Fsp3) is 0.0476. The summed E-state index contributed by atoms with van der Waals surface area (Å²) in [5.41, 5.74) is 4.76. The Morgan fingerprint density at radius 2 is 1.89 bits per heavy atom. The Labute approximate surface area is 155 Å². The van der Waals surface area contributed by atoms with E-state index in [2.05, 4.69) is 15.2 Å². The van der Waals surface area contributed by atoms with Crippen molar-refractivity contribution in [3.63, 3.8) is 0 Å². The van der Waals surface area contributed by atoms with Gasteiger partial charge >= 0.3 is 0 Å². The number of imidazole rings is 1. The largest absolute Gasteiger partial charge is 0.299 e. The molecule has 0 amide bonds. The van der Waals surface area contributed by atoms with Crippen LogP contribution in [0.3, 0.4) is 0 Å². The van der Waals surface area contributed by atoms with Gasteiger partial charge in [0.05, 0.1) is 16.7 Å². The molecular formula is C21H15N5O. The molecule has 2 aromatic carbocycles. The number of fused-ring (bicyclic) bond motifs is 1. The van der Waals surface area contributed by atoms with Crippen molar-refractivity contribution in [2.24, 2.45) is 0 Å². The van der Waals surface area contributed by atoms with Gasteiger partial charge < -0.3 is 0 Å². The van der Waals surface area contributed by atoms with Crippen LogP contribution in [0.15, 0.2) is 59.7 Å². The molecule has 6 nitrogen and oxygen atoms in total. The smallest absolute Gasteiger partial charge is 0.282 e. The molecule has 0 unspecified atom stereocenters. The van der Waals surface area contributed by atoms with E-state index in [1.165, 1.54) is 0 Å². The first-order valence-electron chi connectivity index (χ1n) is 8.37. The van der Waals surface area contributed by atoms with Gasteiger partial charge in [0.1, 0.15) is 18.0 Å². The molecule has 0 aliphatic heterocycles. The maximum atomic E-state index is 11.6. The average Bonchev–Trinajstić information content (AvgIpc) is 3.12. The quantitative estimate of drug-likeness (QED) is 0.611. The van der Waals surface area contributed by atoms with Gasteiger partial charge in [-0.15, -0.1) is 0 Å². The fourth-order valence-electron chi connectivity index (χ4n) is 2.93. The Morgan fingerprint density at radius 1 is 1.11 bits per heavy atom. The van der Waals surface area contributed by atoms with Crippen LogP contribution in [0.2, 0.25) is 0 Å². The molecule has 0 bridgehead atoms. The van der Waals surface area contributed by atoms with E-state index in [1.807, 2.05) is 71.6 Å². The van der Waals surface area contributed by atoms with Crippen molar-refractivity contribution in [2.45, 2.75) is 6.92 Å². The van der Waals surface area contributed by atoms with Gasteiger partial charge in [0, 0.05) is 5.69 Å². The number of nitriles is 1. The van der Waals surface area contributed by atoms with Crippen LogP contribution in [-0.2, 0) is 0 Å². The summed E-state index contributed by atoms with van der Waals surface area (Å²) in [6.45, 7) is 1.72. The highest BCUT2D eigenvalue weighted by Crippen LogP contribution is 2.19. The molecule has 4 rings (SSSR count). The molecule has 0 spiro atoms. The molecule has 2 heterocycles. The molecule has 0 fully saturated rings. The second kappa shape index (κ2) is 6.73. The highest BCUT2D eigenvalue weighted by atomic mass is 16.1. The van der Waals surface area contributed by atoms with E-state index in [0.717, 1.165) is 22.3 Å². The van der Waals surface area contributed by atoms with E-state index in [1.54, 1.807) is 13.0 Å². The average molecular weight is 353 g/mol. The number of aromatic nitrogens is 4. The molecule has 27 heavy (non-hydrogen) atoms. The van der Waals surface area contributed by atoms with Gasteiger partial charge in [0.2, 0.25) is 0 Å². The first-order chi connectivity index (χ1) is 13.2. The van der Waals surface area contributed by atoms with Gasteiger partial charge in [-0.1, -0.05) is 30.3 Å². The zero-order valence-electron chi connectivity index (χ0n) is 14.5. The minimum absolute atomic E-state index is 0.0898. The van der Waals surface area contributed by atoms with E-state index in [-0.39, 0.29) is 5.56 Å². The number of aromatic amines is 1. The molecule has 0 radical (unpaired) electrons. The molecule has 0 saturated heterocycles. The summed E-state index contributed by atoms with van der Waals surface area (Å²) in [7, 11) is 0. The molecule has 0 atom stereocenters. The third-order valence-corrected chi connectivity index (χ3v) is 4.43. The minimum atomic E-state index is -0.468. The molecule has 2 aromatic heterocycles. The van der Waals surface area contributed by atoms with Gasteiger partial charge in [0.25, 0.3) is 5.56 Å².